The first-order valence-electron chi connectivity index (χ1n) is 6.68. The van der Waals surface area contributed by atoms with Gasteiger partial charge in [-0.25, -0.2) is 5.43 Å². The standard InChI is InChI=1S/C15H16N4O3/c1-11(9-14(20)17-10-13-3-2-8-22-13)18-19-15(21)12-4-6-16-7-5-12/h2-8H,9-10H2,1H3,(H,17,20)(H,19,21)/b18-11+. The molecule has 0 aliphatic carbocycles. The number of rotatable bonds is 6. The minimum Gasteiger partial charge on any atom is -0.467 e. The third-order valence-corrected chi connectivity index (χ3v) is 2.75. The van der Waals surface area contributed by atoms with E-state index in [1.807, 2.05) is 0 Å². The molecule has 0 bridgehead atoms. The van der Waals surface area contributed by atoms with Crippen LogP contribution in [0, 0.1) is 0 Å². The summed E-state index contributed by atoms with van der Waals surface area (Å²) < 4.78 is 5.11. The minimum absolute atomic E-state index is 0.0946. The highest BCUT2D eigenvalue weighted by atomic mass is 16.3. The topological polar surface area (TPSA) is 96.6 Å². The van der Waals surface area contributed by atoms with Gasteiger partial charge in [0, 0.05) is 23.7 Å². The molecule has 0 fully saturated rings. The predicted molar refractivity (Wildman–Crippen MR) is 80.0 cm³/mol. The van der Waals surface area contributed by atoms with Gasteiger partial charge < -0.3 is 9.73 Å². The van der Waals surface area contributed by atoms with Crippen LogP contribution < -0.4 is 10.7 Å². The van der Waals surface area contributed by atoms with Crippen LogP contribution in [0.15, 0.2) is 52.4 Å². The lowest BCUT2D eigenvalue weighted by Gasteiger charge is -2.04. The predicted octanol–water partition coefficient (Wildman–Crippen LogP) is 1.49. The summed E-state index contributed by atoms with van der Waals surface area (Å²) in [5, 5.41) is 6.60. The molecule has 0 radical (unpaired) electrons. The van der Waals surface area contributed by atoms with E-state index in [1.54, 1.807) is 37.5 Å². The van der Waals surface area contributed by atoms with Crippen molar-refractivity contribution in [2.75, 3.05) is 0 Å². The van der Waals surface area contributed by atoms with Crippen LogP contribution in [0.25, 0.3) is 0 Å². The monoisotopic (exact) mass is 300 g/mol. The molecule has 0 atom stereocenters. The van der Waals surface area contributed by atoms with Gasteiger partial charge in [0.2, 0.25) is 5.91 Å². The Bertz CT molecular complexity index is 651. The zero-order valence-electron chi connectivity index (χ0n) is 12.1. The van der Waals surface area contributed by atoms with Crippen LogP contribution in [0.4, 0.5) is 0 Å². The maximum atomic E-state index is 11.8. The van der Waals surface area contributed by atoms with Crippen molar-refractivity contribution in [3.05, 3.63) is 54.2 Å². The largest absolute Gasteiger partial charge is 0.467 e. The molecule has 0 aromatic carbocycles. The number of hydrazone groups is 1. The number of hydrogen-bond acceptors (Lipinski definition) is 5. The molecule has 0 spiro atoms. The Morgan fingerprint density at radius 3 is 2.73 bits per heavy atom. The van der Waals surface area contributed by atoms with Gasteiger partial charge >= 0.3 is 0 Å². The highest BCUT2D eigenvalue weighted by Gasteiger charge is 2.06. The fraction of sp³-hybridized carbons (Fsp3) is 0.200. The Kier molecular flexibility index (Phi) is 5.42. The second-order valence-corrected chi connectivity index (χ2v) is 4.56. The number of pyridine rings is 1. The summed E-state index contributed by atoms with van der Waals surface area (Å²) in [6.07, 6.45) is 4.68. The third kappa shape index (κ3) is 4.86. The van der Waals surface area contributed by atoms with Crippen LogP contribution in [-0.2, 0) is 11.3 Å². The van der Waals surface area contributed by atoms with Crippen molar-refractivity contribution in [3.63, 3.8) is 0 Å². The first-order valence-corrected chi connectivity index (χ1v) is 6.68. The quantitative estimate of drug-likeness (QED) is 0.624. The van der Waals surface area contributed by atoms with Crippen molar-refractivity contribution >= 4 is 17.5 Å². The van der Waals surface area contributed by atoms with Gasteiger partial charge in [-0.15, -0.1) is 0 Å². The van der Waals surface area contributed by atoms with Crippen LogP contribution in [0.5, 0.6) is 0 Å². The number of carbonyl (C=O) groups excluding carboxylic acids is 2. The van der Waals surface area contributed by atoms with Gasteiger partial charge in [-0.05, 0) is 31.2 Å². The smallest absolute Gasteiger partial charge is 0.271 e. The SMILES string of the molecule is C/C(CC(=O)NCc1ccco1)=N\NC(=O)c1ccncc1. The molecule has 2 amide bonds. The van der Waals surface area contributed by atoms with Gasteiger partial charge in [0.05, 0.1) is 19.2 Å². The number of nitrogens with one attached hydrogen (secondary N) is 2. The minimum atomic E-state index is -0.349. The number of hydrogen-bond donors (Lipinski definition) is 2. The molecule has 22 heavy (non-hydrogen) atoms. The maximum Gasteiger partial charge on any atom is 0.271 e. The Labute approximate surface area is 127 Å². The van der Waals surface area contributed by atoms with Crippen LogP contribution in [0.3, 0.4) is 0 Å². The lowest BCUT2D eigenvalue weighted by atomic mass is 10.2. The number of amides is 2. The van der Waals surface area contributed by atoms with Gasteiger partial charge in [0.1, 0.15) is 5.76 Å². The van der Waals surface area contributed by atoms with E-state index in [0.29, 0.717) is 23.6 Å². The number of carbonyl (C=O) groups is 2. The first kappa shape index (κ1) is 15.4. The molecule has 0 saturated heterocycles. The molecule has 114 valence electrons. The second kappa shape index (κ2) is 7.72. The van der Waals surface area contributed by atoms with Crippen LogP contribution >= 0.6 is 0 Å². The van der Waals surface area contributed by atoms with E-state index in [2.05, 4.69) is 20.8 Å². The van der Waals surface area contributed by atoms with Crippen molar-refractivity contribution in [3.8, 4) is 0 Å². The van der Waals surface area contributed by atoms with Gasteiger partial charge in [-0.2, -0.15) is 5.10 Å². The highest BCUT2D eigenvalue weighted by Crippen LogP contribution is 1.99. The van der Waals surface area contributed by atoms with Crippen LogP contribution in [-0.4, -0.2) is 22.5 Å². The van der Waals surface area contributed by atoms with Crippen molar-refractivity contribution in [1.82, 2.24) is 15.7 Å². The van der Waals surface area contributed by atoms with E-state index < -0.39 is 0 Å². The molecule has 2 aromatic heterocycles. The lowest BCUT2D eigenvalue weighted by molar-refractivity contribution is -0.120. The molecule has 0 aliphatic heterocycles. The molecule has 0 saturated carbocycles. The Morgan fingerprint density at radius 1 is 1.27 bits per heavy atom. The normalized spacial score (nSPS) is 11.0. The number of aromatic nitrogens is 1. The number of nitrogens with zero attached hydrogens (tertiary/aromatic N) is 2. The molecule has 2 heterocycles. The van der Waals surface area contributed by atoms with Gasteiger partial charge in [-0.3, -0.25) is 14.6 Å². The van der Waals surface area contributed by atoms with E-state index in [-0.39, 0.29) is 18.2 Å². The van der Waals surface area contributed by atoms with Gasteiger partial charge in [0.15, 0.2) is 0 Å². The number of furan rings is 1. The molecule has 0 unspecified atom stereocenters. The van der Waals surface area contributed by atoms with E-state index >= 15 is 0 Å². The summed E-state index contributed by atoms with van der Waals surface area (Å²) in [5.74, 6) is 0.127. The summed E-state index contributed by atoms with van der Waals surface area (Å²) in [6, 6.07) is 6.69. The summed E-state index contributed by atoms with van der Waals surface area (Å²) in [6.45, 7) is 1.99. The maximum absolute atomic E-state index is 11.8. The van der Waals surface area contributed by atoms with Crippen molar-refractivity contribution < 1.29 is 14.0 Å². The zero-order chi connectivity index (χ0) is 15.8. The van der Waals surface area contributed by atoms with Crippen molar-refractivity contribution in [2.45, 2.75) is 19.9 Å². The second-order valence-electron chi connectivity index (χ2n) is 4.56. The summed E-state index contributed by atoms with van der Waals surface area (Å²) in [4.78, 5) is 27.3. The van der Waals surface area contributed by atoms with E-state index in [9.17, 15) is 9.59 Å². The average Bonchev–Trinajstić information content (AvgIpc) is 3.05. The average molecular weight is 300 g/mol. The molecule has 2 aromatic rings. The van der Waals surface area contributed by atoms with Crippen molar-refractivity contribution in [2.24, 2.45) is 5.10 Å². The molecule has 0 aliphatic rings. The van der Waals surface area contributed by atoms with Gasteiger partial charge in [-0.1, -0.05) is 0 Å². The highest BCUT2D eigenvalue weighted by molar-refractivity contribution is 6.01. The fourth-order valence-electron chi connectivity index (χ4n) is 1.65. The Morgan fingerprint density at radius 2 is 2.05 bits per heavy atom. The lowest BCUT2D eigenvalue weighted by Crippen LogP contribution is -2.26. The van der Waals surface area contributed by atoms with Crippen LogP contribution in [0.1, 0.15) is 29.5 Å². The van der Waals surface area contributed by atoms with E-state index in [1.165, 1.54) is 12.4 Å². The molecule has 2 rings (SSSR count). The van der Waals surface area contributed by atoms with E-state index in [0.717, 1.165) is 0 Å². The van der Waals surface area contributed by atoms with Crippen molar-refractivity contribution in [1.29, 1.82) is 0 Å². The summed E-state index contributed by atoms with van der Waals surface area (Å²) >= 11 is 0. The summed E-state index contributed by atoms with van der Waals surface area (Å²) in [5.41, 5.74) is 3.35. The molecule has 7 nitrogen and oxygen atoms in total. The first-order chi connectivity index (χ1) is 10.6. The van der Waals surface area contributed by atoms with Crippen LogP contribution in [0.2, 0.25) is 0 Å². The zero-order valence-corrected chi connectivity index (χ0v) is 12.1. The Balaban J connectivity index is 1.77. The molecular weight excluding hydrogens is 284 g/mol. The molecule has 2 N–H and O–H groups in total. The van der Waals surface area contributed by atoms with Gasteiger partial charge in [0.25, 0.3) is 5.91 Å². The fourth-order valence-corrected chi connectivity index (χ4v) is 1.65. The Hall–Kier alpha value is -2.96. The molecule has 7 heteroatoms. The van der Waals surface area contributed by atoms with E-state index in [4.69, 9.17) is 4.42 Å². The third-order valence-electron chi connectivity index (χ3n) is 2.75. The molecular formula is C15H16N4O3. The summed E-state index contributed by atoms with van der Waals surface area (Å²) in [7, 11) is 0.